The number of hydrogen-bond acceptors (Lipinski definition) is 2. The van der Waals surface area contributed by atoms with Crippen LogP contribution in [-0.4, -0.2) is 16.8 Å². The van der Waals surface area contributed by atoms with E-state index in [-0.39, 0.29) is 0 Å². The van der Waals surface area contributed by atoms with Gasteiger partial charge >= 0.3 is 0 Å². The molecule has 0 saturated heterocycles. The predicted octanol–water partition coefficient (Wildman–Crippen LogP) is 2.96. The van der Waals surface area contributed by atoms with Crippen LogP contribution < -0.4 is 5.32 Å². The van der Waals surface area contributed by atoms with Crippen LogP contribution in [0.3, 0.4) is 0 Å². The summed E-state index contributed by atoms with van der Waals surface area (Å²) in [6.45, 7) is 1.44. The molecule has 0 atom stereocenters. The van der Waals surface area contributed by atoms with Crippen LogP contribution in [0.2, 0.25) is 10.0 Å². The molecule has 1 heterocycles. The first kappa shape index (κ1) is 12.4. The minimum absolute atomic E-state index is 0.576. The zero-order valence-electron chi connectivity index (χ0n) is 9.45. The van der Waals surface area contributed by atoms with Gasteiger partial charge in [-0.15, -0.1) is 0 Å². The Morgan fingerprint density at radius 2 is 2.18 bits per heavy atom. The normalized spacial score (nSPS) is 10.8. The second kappa shape index (κ2) is 5.54. The highest BCUT2D eigenvalue weighted by Crippen LogP contribution is 2.25. The maximum Gasteiger partial charge on any atom is 0.0674 e. The summed E-state index contributed by atoms with van der Waals surface area (Å²) >= 11 is 12.1. The largest absolute Gasteiger partial charge is 0.316 e. The lowest BCUT2D eigenvalue weighted by Gasteiger charge is -2.05. The predicted molar refractivity (Wildman–Crippen MR) is 70.6 cm³/mol. The average molecular weight is 270 g/mol. The standard InChI is InChI=1S/C12H13Cl2N3/c1-15-5-9-6-16-17(7-9)8-10-3-2-4-11(13)12(10)14/h2-4,6-7,15H,5,8H2,1H3. The number of benzene rings is 1. The second-order valence-electron chi connectivity index (χ2n) is 3.79. The molecule has 17 heavy (non-hydrogen) atoms. The first-order valence-corrected chi connectivity index (χ1v) is 6.05. The molecule has 0 saturated carbocycles. The van der Waals surface area contributed by atoms with Crippen molar-refractivity contribution in [3.05, 3.63) is 51.8 Å². The first-order valence-electron chi connectivity index (χ1n) is 5.29. The quantitative estimate of drug-likeness (QED) is 0.925. The van der Waals surface area contributed by atoms with Crippen molar-refractivity contribution in [2.45, 2.75) is 13.1 Å². The van der Waals surface area contributed by atoms with Gasteiger partial charge in [0.2, 0.25) is 0 Å². The maximum absolute atomic E-state index is 6.13. The fourth-order valence-corrected chi connectivity index (χ4v) is 2.01. The Hall–Kier alpha value is -1.03. The number of nitrogens with zero attached hydrogens (tertiary/aromatic N) is 2. The van der Waals surface area contributed by atoms with E-state index in [0.717, 1.165) is 17.7 Å². The third-order valence-electron chi connectivity index (χ3n) is 2.43. The Morgan fingerprint density at radius 3 is 2.94 bits per heavy atom. The molecular weight excluding hydrogens is 257 g/mol. The summed E-state index contributed by atoms with van der Waals surface area (Å²) in [5.74, 6) is 0. The summed E-state index contributed by atoms with van der Waals surface area (Å²) in [6, 6.07) is 5.62. The van der Waals surface area contributed by atoms with E-state index in [4.69, 9.17) is 23.2 Å². The Kier molecular flexibility index (Phi) is 4.05. The number of rotatable bonds is 4. The van der Waals surface area contributed by atoms with Crippen LogP contribution in [0.25, 0.3) is 0 Å². The molecule has 2 rings (SSSR count). The minimum atomic E-state index is 0.576. The molecule has 1 N–H and O–H groups in total. The van der Waals surface area contributed by atoms with Gasteiger partial charge in [-0.3, -0.25) is 4.68 Å². The highest BCUT2D eigenvalue weighted by molar-refractivity contribution is 6.42. The zero-order valence-corrected chi connectivity index (χ0v) is 11.0. The molecule has 0 aliphatic heterocycles. The molecule has 1 aromatic carbocycles. The smallest absolute Gasteiger partial charge is 0.0674 e. The van der Waals surface area contributed by atoms with Crippen molar-refractivity contribution in [2.75, 3.05) is 7.05 Å². The average Bonchev–Trinajstić information content (AvgIpc) is 2.73. The second-order valence-corrected chi connectivity index (χ2v) is 4.57. The van der Waals surface area contributed by atoms with Crippen molar-refractivity contribution < 1.29 is 0 Å². The van der Waals surface area contributed by atoms with Crippen LogP contribution in [0, 0.1) is 0 Å². The Bertz CT molecular complexity index is 508. The van der Waals surface area contributed by atoms with Crippen molar-refractivity contribution in [2.24, 2.45) is 0 Å². The third kappa shape index (κ3) is 3.00. The SMILES string of the molecule is CNCc1cnn(Cc2cccc(Cl)c2Cl)c1. The maximum atomic E-state index is 6.13. The number of aromatic nitrogens is 2. The fraction of sp³-hybridized carbons (Fsp3) is 0.250. The number of halogens is 2. The highest BCUT2D eigenvalue weighted by Gasteiger charge is 2.05. The molecule has 1 aromatic heterocycles. The van der Waals surface area contributed by atoms with E-state index in [1.54, 1.807) is 6.07 Å². The van der Waals surface area contributed by atoms with Crippen LogP contribution in [0.5, 0.6) is 0 Å². The van der Waals surface area contributed by atoms with E-state index in [1.807, 2.05) is 36.3 Å². The van der Waals surface area contributed by atoms with Gasteiger partial charge in [0.05, 0.1) is 22.8 Å². The molecular formula is C12H13Cl2N3. The summed E-state index contributed by atoms with van der Waals surface area (Å²) in [5, 5.41) is 8.53. The van der Waals surface area contributed by atoms with Gasteiger partial charge in [0.15, 0.2) is 0 Å². The number of nitrogens with one attached hydrogen (secondary N) is 1. The summed E-state index contributed by atoms with van der Waals surface area (Å²) in [6.07, 6.45) is 3.84. The van der Waals surface area contributed by atoms with Crippen molar-refractivity contribution >= 4 is 23.2 Å². The van der Waals surface area contributed by atoms with Crippen molar-refractivity contribution in [1.82, 2.24) is 15.1 Å². The summed E-state index contributed by atoms with van der Waals surface area (Å²) < 4.78 is 1.85. The van der Waals surface area contributed by atoms with Crippen LogP contribution in [0.15, 0.2) is 30.6 Å². The van der Waals surface area contributed by atoms with Crippen molar-refractivity contribution in [3.63, 3.8) is 0 Å². The highest BCUT2D eigenvalue weighted by atomic mass is 35.5. The summed E-state index contributed by atoms with van der Waals surface area (Å²) in [7, 11) is 1.91. The number of hydrogen-bond donors (Lipinski definition) is 1. The van der Waals surface area contributed by atoms with Crippen LogP contribution >= 0.6 is 23.2 Å². The van der Waals surface area contributed by atoms with Gasteiger partial charge in [-0.25, -0.2) is 0 Å². The molecule has 0 aliphatic carbocycles. The molecule has 0 fully saturated rings. The van der Waals surface area contributed by atoms with E-state index in [1.165, 1.54) is 0 Å². The monoisotopic (exact) mass is 269 g/mol. The lowest BCUT2D eigenvalue weighted by Crippen LogP contribution is -2.04. The molecule has 0 unspecified atom stereocenters. The van der Waals surface area contributed by atoms with Crippen molar-refractivity contribution in [1.29, 1.82) is 0 Å². The summed E-state index contributed by atoms with van der Waals surface area (Å²) in [5.41, 5.74) is 2.11. The molecule has 0 spiro atoms. The van der Waals surface area contributed by atoms with Gasteiger partial charge in [-0.2, -0.15) is 5.10 Å². The molecule has 3 nitrogen and oxygen atoms in total. The van der Waals surface area contributed by atoms with E-state index in [2.05, 4.69) is 10.4 Å². The molecule has 90 valence electrons. The van der Waals surface area contributed by atoms with E-state index in [9.17, 15) is 0 Å². The molecule has 0 radical (unpaired) electrons. The fourth-order valence-electron chi connectivity index (χ4n) is 1.63. The molecule has 0 aliphatic rings. The first-order chi connectivity index (χ1) is 8.20. The minimum Gasteiger partial charge on any atom is -0.316 e. The lowest BCUT2D eigenvalue weighted by molar-refractivity contribution is 0.685. The van der Waals surface area contributed by atoms with E-state index < -0.39 is 0 Å². The molecule has 5 heteroatoms. The molecule has 0 amide bonds. The summed E-state index contributed by atoms with van der Waals surface area (Å²) in [4.78, 5) is 0. The third-order valence-corrected chi connectivity index (χ3v) is 3.29. The zero-order chi connectivity index (χ0) is 12.3. The van der Waals surface area contributed by atoms with Crippen molar-refractivity contribution in [3.8, 4) is 0 Å². The van der Waals surface area contributed by atoms with Gasteiger partial charge < -0.3 is 5.32 Å². The van der Waals surface area contributed by atoms with Gasteiger partial charge in [-0.05, 0) is 18.7 Å². The molecule has 0 bridgehead atoms. The van der Waals surface area contributed by atoms with Gasteiger partial charge in [-0.1, -0.05) is 35.3 Å². The van der Waals surface area contributed by atoms with E-state index in [0.29, 0.717) is 16.6 Å². The Labute approximate surface area is 110 Å². The van der Waals surface area contributed by atoms with Gasteiger partial charge in [0, 0.05) is 18.3 Å². The lowest BCUT2D eigenvalue weighted by atomic mass is 10.2. The molecule has 2 aromatic rings. The van der Waals surface area contributed by atoms with Gasteiger partial charge in [0.25, 0.3) is 0 Å². The topological polar surface area (TPSA) is 29.9 Å². The van der Waals surface area contributed by atoms with Gasteiger partial charge in [0.1, 0.15) is 0 Å². The van der Waals surface area contributed by atoms with E-state index >= 15 is 0 Å². The Balaban J connectivity index is 2.16. The van der Waals surface area contributed by atoms with Crippen LogP contribution in [0.1, 0.15) is 11.1 Å². The van der Waals surface area contributed by atoms with Crippen LogP contribution in [0.4, 0.5) is 0 Å². The Morgan fingerprint density at radius 1 is 1.35 bits per heavy atom. The van der Waals surface area contributed by atoms with Crippen LogP contribution in [-0.2, 0) is 13.1 Å².